The summed E-state index contributed by atoms with van der Waals surface area (Å²) in [4.78, 5) is 25.6. The predicted molar refractivity (Wildman–Crippen MR) is 93.5 cm³/mol. The van der Waals surface area contributed by atoms with E-state index in [9.17, 15) is 18.4 Å². The SMILES string of the molecule is CC(=O)N(CC(=O)Nc1ccc(F)cc1F)c1ccccc1C(C)C. The molecule has 0 aromatic heterocycles. The summed E-state index contributed by atoms with van der Waals surface area (Å²) in [5, 5.41) is 2.37. The second kappa shape index (κ2) is 7.88. The molecule has 6 heteroatoms. The van der Waals surface area contributed by atoms with E-state index in [2.05, 4.69) is 5.32 Å². The van der Waals surface area contributed by atoms with Gasteiger partial charge in [0.15, 0.2) is 0 Å². The van der Waals surface area contributed by atoms with Crippen molar-refractivity contribution in [2.45, 2.75) is 26.7 Å². The number of para-hydroxylation sites is 1. The average molecular weight is 346 g/mol. The van der Waals surface area contributed by atoms with Gasteiger partial charge in [-0.25, -0.2) is 8.78 Å². The number of amides is 2. The first-order valence-corrected chi connectivity index (χ1v) is 7.91. The summed E-state index contributed by atoms with van der Waals surface area (Å²) in [5.74, 6) is -2.31. The summed E-state index contributed by atoms with van der Waals surface area (Å²) in [5.41, 5.74) is 1.44. The molecule has 25 heavy (non-hydrogen) atoms. The molecule has 2 rings (SSSR count). The van der Waals surface area contributed by atoms with E-state index in [1.54, 1.807) is 12.1 Å². The van der Waals surface area contributed by atoms with Crippen molar-refractivity contribution in [3.05, 3.63) is 59.7 Å². The van der Waals surface area contributed by atoms with Gasteiger partial charge in [-0.3, -0.25) is 9.59 Å². The van der Waals surface area contributed by atoms with Crippen molar-refractivity contribution in [3.63, 3.8) is 0 Å². The second-order valence-electron chi connectivity index (χ2n) is 5.99. The zero-order chi connectivity index (χ0) is 18.6. The van der Waals surface area contributed by atoms with E-state index in [4.69, 9.17) is 0 Å². The topological polar surface area (TPSA) is 49.4 Å². The lowest BCUT2D eigenvalue weighted by molar-refractivity contribution is -0.120. The number of hydrogen-bond acceptors (Lipinski definition) is 2. The number of nitrogens with zero attached hydrogens (tertiary/aromatic N) is 1. The number of hydrogen-bond donors (Lipinski definition) is 1. The molecular weight excluding hydrogens is 326 g/mol. The van der Waals surface area contributed by atoms with Gasteiger partial charge in [0.1, 0.15) is 18.2 Å². The van der Waals surface area contributed by atoms with Crippen molar-refractivity contribution in [1.82, 2.24) is 0 Å². The lowest BCUT2D eigenvalue weighted by atomic mass is 10.0. The summed E-state index contributed by atoms with van der Waals surface area (Å²) in [6, 6.07) is 10.2. The van der Waals surface area contributed by atoms with Crippen molar-refractivity contribution in [2.24, 2.45) is 0 Å². The molecule has 0 unspecified atom stereocenters. The van der Waals surface area contributed by atoms with E-state index in [0.29, 0.717) is 11.8 Å². The number of rotatable bonds is 5. The molecule has 0 aliphatic carbocycles. The fraction of sp³-hybridized carbons (Fsp3) is 0.263. The van der Waals surface area contributed by atoms with Crippen molar-refractivity contribution < 1.29 is 18.4 Å². The van der Waals surface area contributed by atoms with Gasteiger partial charge >= 0.3 is 0 Å². The Morgan fingerprint density at radius 3 is 2.40 bits per heavy atom. The monoisotopic (exact) mass is 346 g/mol. The molecule has 2 aromatic carbocycles. The van der Waals surface area contributed by atoms with E-state index in [1.807, 2.05) is 26.0 Å². The number of benzene rings is 2. The van der Waals surface area contributed by atoms with Gasteiger partial charge in [-0.2, -0.15) is 0 Å². The quantitative estimate of drug-likeness (QED) is 0.887. The molecule has 0 radical (unpaired) electrons. The summed E-state index contributed by atoms with van der Waals surface area (Å²) >= 11 is 0. The summed E-state index contributed by atoms with van der Waals surface area (Å²) in [6.45, 7) is 5.08. The van der Waals surface area contributed by atoms with Crippen LogP contribution >= 0.6 is 0 Å². The molecule has 0 atom stereocenters. The van der Waals surface area contributed by atoms with Gasteiger partial charge in [-0.15, -0.1) is 0 Å². The third-order valence-electron chi connectivity index (χ3n) is 3.74. The molecule has 0 saturated heterocycles. The van der Waals surface area contributed by atoms with Crippen molar-refractivity contribution >= 4 is 23.2 Å². The van der Waals surface area contributed by atoms with Crippen LogP contribution in [0.4, 0.5) is 20.2 Å². The van der Waals surface area contributed by atoms with Gasteiger partial charge in [0.05, 0.1) is 5.69 Å². The Labute approximate surface area is 145 Å². The maximum atomic E-state index is 13.7. The molecule has 0 aliphatic heterocycles. The summed E-state index contributed by atoms with van der Waals surface area (Å²) < 4.78 is 26.6. The van der Waals surface area contributed by atoms with Gasteiger partial charge < -0.3 is 10.2 Å². The zero-order valence-corrected chi connectivity index (χ0v) is 14.3. The number of carbonyl (C=O) groups is 2. The maximum Gasteiger partial charge on any atom is 0.244 e. The predicted octanol–water partition coefficient (Wildman–Crippen LogP) is 4.08. The fourth-order valence-corrected chi connectivity index (χ4v) is 2.51. The highest BCUT2D eigenvalue weighted by Gasteiger charge is 2.20. The molecule has 0 fully saturated rings. The molecule has 0 heterocycles. The van der Waals surface area contributed by atoms with Crippen LogP contribution in [0.2, 0.25) is 0 Å². The van der Waals surface area contributed by atoms with Crippen LogP contribution in [0.3, 0.4) is 0 Å². The Hall–Kier alpha value is -2.76. The van der Waals surface area contributed by atoms with Crippen molar-refractivity contribution in [2.75, 3.05) is 16.8 Å². The smallest absolute Gasteiger partial charge is 0.244 e. The van der Waals surface area contributed by atoms with Crippen LogP contribution < -0.4 is 10.2 Å². The summed E-state index contributed by atoms with van der Waals surface area (Å²) in [6.07, 6.45) is 0. The van der Waals surface area contributed by atoms with Crippen LogP contribution in [-0.2, 0) is 9.59 Å². The van der Waals surface area contributed by atoms with Gasteiger partial charge in [-0.1, -0.05) is 32.0 Å². The number of anilines is 2. The Morgan fingerprint density at radius 2 is 1.80 bits per heavy atom. The first-order valence-electron chi connectivity index (χ1n) is 7.91. The molecule has 132 valence electrons. The van der Waals surface area contributed by atoms with Crippen molar-refractivity contribution in [3.8, 4) is 0 Å². The maximum absolute atomic E-state index is 13.7. The molecule has 0 aliphatic rings. The largest absolute Gasteiger partial charge is 0.322 e. The van der Waals surface area contributed by atoms with Crippen LogP contribution in [0, 0.1) is 11.6 Å². The third-order valence-corrected chi connectivity index (χ3v) is 3.74. The van der Waals surface area contributed by atoms with Crippen LogP contribution in [0.15, 0.2) is 42.5 Å². The second-order valence-corrected chi connectivity index (χ2v) is 5.99. The number of nitrogens with one attached hydrogen (secondary N) is 1. The van der Waals surface area contributed by atoms with Gasteiger partial charge in [-0.05, 0) is 29.7 Å². The third kappa shape index (κ3) is 4.62. The number of carbonyl (C=O) groups excluding carboxylic acids is 2. The minimum atomic E-state index is -0.870. The summed E-state index contributed by atoms with van der Waals surface area (Å²) in [7, 11) is 0. The molecular formula is C19H20F2N2O2. The molecule has 2 amide bonds. The molecule has 2 aromatic rings. The highest BCUT2D eigenvalue weighted by Crippen LogP contribution is 2.27. The zero-order valence-electron chi connectivity index (χ0n) is 14.3. The lowest BCUT2D eigenvalue weighted by Crippen LogP contribution is -2.37. The average Bonchev–Trinajstić information content (AvgIpc) is 2.55. The minimum Gasteiger partial charge on any atom is -0.322 e. The van der Waals surface area contributed by atoms with Gasteiger partial charge in [0, 0.05) is 18.7 Å². The standard InChI is InChI=1S/C19H20F2N2O2/c1-12(2)15-6-4-5-7-18(15)23(13(3)24)11-19(25)22-17-9-8-14(20)10-16(17)21/h4-10,12H,11H2,1-3H3,(H,22,25). The Kier molecular flexibility index (Phi) is 5.85. The van der Waals surface area contributed by atoms with Crippen molar-refractivity contribution in [1.29, 1.82) is 0 Å². The first-order chi connectivity index (χ1) is 11.8. The van der Waals surface area contributed by atoms with E-state index in [-0.39, 0.29) is 24.1 Å². The van der Waals surface area contributed by atoms with Crippen LogP contribution in [0.25, 0.3) is 0 Å². The van der Waals surface area contributed by atoms with Crippen LogP contribution in [-0.4, -0.2) is 18.4 Å². The molecule has 0 saturated carbocycles. The van der Waals surface area contributed by atoms with E-state index in [0.717, 1.165) is 17.7 Å². The van der Waals surface area contributed by atoms with Crippen LogP contribution in [0.1, 0.15) is 32.3 Å². The van der Waals surface area contributed by atoms with Gasteiger partial charge in [0.25, 0.3) is 0 Å². The Bertz CT molecular complexity index is 791. The Balaban J connectivity index is 2.22. The normalized spacial score (nSPS) is 10.6. The molecule has 4 nitrogen and oxygen atoms in total. The van der Waals surface area contributed by atoms with Crippen LogP contribution in [0.5, 0.6) is 0 Å². The first kappa shape index (κ1) is 18.6. The molecule has 0 bridgehead atoms. The van der Waals surface area contributed by atoms with E-state index in [1.165, 1.54) is 11.8 Å². The Morgan fingerprint density at radius 1 is 1.12 bits per heavy atom. The van der Waals surface area contributed by atoms with Gasteiger partial charge in [0.2, 0.25) is 11.8 Å². The highest BCUT2D eigenvalue weighted by molar-refractivity contribution is 6.02. The fourth-order valence-electron chi connectivity index (χ4n) is 2.51. The molecule has 1 N–H and O–H groups in total. The number of halogens is 2. The minimum absolute atomic E-state index is 0.132. The molecule has 0 spiro atoms. The van der Waals surface area contributed by atoms with E-state index >= 15 is 0 Å². The highest BCUT2D eigenvalue weighted by atomic mass is 19.1. The van der Waals surface area contributed by atoms with E-state index < -0.39 is 17.5 Å². The lowest BCUT2D eigenvalue weighted by Gasteiger charge is -2.25.